The van der Waals surface area contributed by atoms with E-state index in [2.05, 4.69) is 4.40 Å². The predicted octanol–water partition coefficient (Wildman–Crippen LogP) is 1.95. The van der Waals surface area contributed by atoms with Crippen LogP contribution in [0.25, 0.3) is 0 Å². The molecule has 0 aromatic heterocycles. The molecule has 1 aromatic rings. The Morgan fingerprint density at radius 2 is 1.96 bits per heavy atom. The van der Waals surface area contributed by atoms with E-state index in [0.29, 0.717) is 10.6 Å². The van der Waals surface area contributed by atoms with Crippen molar-refractivity contribution in [2.75, 3.05) is 12.3 Å². The van der Waals surface area contributed by atoms with Crippen molar-refractivity contribution < 1.29 is 22.7 Å². The van der Waals surface area contributed by atoms with Crippen molar-refractivity contribution in [2.24, 2.45) is 4.40 Å². The number of esters is 1. The second-order valence-corrected chi connectivity index (χ2v) is 7.93. The monoisotopic (exact) mass is 394 g/mol. The van der Waals surface area contributed by atoms with Crippen LogP contribution in [0.15, 0.2) is 52.6 Å². The molecule has 0 spiro atoms. The molecule has 0 saturated heterocycles. The van der Waals surface area contributed by atoms with Gasteiger partial charge in [-0.3, -0.25) is 4.79 Å². The molecule has 7 nitrogen and oxygen atoms in total. The van der Waals surface area contributed by atoms with Gasteiger partial charge in [-0.25, -0.2) is 13.2 Å². The molecule has 0 N–H and O–H groups in total. The van der Waals surface area contributed by atoms with E-state index in [1.165, 1.54) is 25.1 Å². The first kappa shape index (κ1) is 18.3. The molecule has 2 aliphatic heterocycles. The number of hydrogen-bond donors (Lipinski definition) is 0. The topological polar surface area (TPSA) is 93.1 Å². The van der Waals surface area contributed by atoms with Crippen LogP contribution in [0.1, 0.15) is 17.3 Å². The third-order valence-electron chi connectivity index (χ3n) is 3.86. The van der Waals surface area contributed by atoms with E-state index in [1.54, 1.807) is 29.3 Å². The van der Waals surface area contributed by atoms with Crippen LogP contribution in [0, 0.1) is 0 Å². The Balaban J connectivity index is 1.77. The van der Waals surface area contributed by atoms with Gasteiger partial charge in [0.2, 0.25) is 5.78 Å². The summed E-state index contributed by atoms with van der Waals surface area (Å²) in [5.41, 5.74) is 0.345. The molecule has 26 heavy (non-hydrogen) atoms. The average molecular weight is 395 g/mol. The molecule has 2 heterocycles. The Morgan fingerprint density at radius 3 is 2.65 bits per heavy atom. The molecule has 1 aromatic carbocycles. The molecule has 0 unspecified atom stereocenters. The summed E-state index contributed by atoms with van der Waals surface area (Å²) in [7, 11) is -3.63. The zero-order chi connectivity index (χ0) is 18.9. The third-order valence-corrected chi connectivity index (χ3v) is 5.26. The van der Waals surface area contributed by atoms with E-state index >= 15 is 0 Å². The number of hydrogen-bond acceptors (Lipinski definition) is 6. The number of fused-ring (bicyclic) bond motifs is 1. The number of rotatable bonds is 4. The first-order valence-corrected chi connectivity index (χ1v) is 9.74. The number of benzene rings is 1. The molecule has 0 amide bonds. The van der Waals surface area contributed by atoms with Gasteiger partial charge in [0, 0.05) is 23.3 Å². The molecule has 0 radical (unpaired) electrons. The molecule has 3 rings (SSSR count). The smallest absolute Gasteiger partial charge is 0.342 e. The van der Waals surface area contributed by atoms with E-state index < -0.39 is 27.9 Å². The average Bonchev–Trinajstić information content (AvgIpc) is 2.60. The minimum atomic E-state index is -3.63. The van der Waals surface area contributed by atoms with Gasteiger partial charge in [-0.1, -0.05) is 11.6 Å². The lowest BCUT2D eigenvalue weighted by molar-refractivity contribution is -0.141. The Morgan fingerprint density at radius 1 is 1.27 bits per heavy atom. The second kappa shape index (κ2) is 7.05. The number of allylic oxidation sites excluding steroid dienone is 2. The molecular weight excluding hydrogens is 380 g/mol. The highest BCUT2D eigenvalue weighted by molar-refractivity contribution is 7.90. The highest BCUT2D eigenvalue weighted by atomic mass is 35.5. The maximum absolute atomic E-state index is 12.5. The van der Waals surface area contributed by atoms with Gasteiger partial charge in [-0.15, -0.1) is 4.40 Å². The standard InChI is InChI=1S/C17H15ClN2O5S/c1-11(15(21)12-4-6-13(18)7-5-12)25-17(22)14-3-2-8-20-9-10-26(23,24)19-16(14)20/h2-8,11H,9-10H2,1H3/t11-/m0/s1. The third kappa shape index (κ3) is 3.86. The minimum absolute atomic E-state index is 0.00784. The zero-order valence-electron chi connectivity index (χ0n) is 13.8. The fraction of sp³-hybridized carbons (Fsp3) is 0.235. The Kier molecular flexibility index (Phi) is 4.97. The molecule has 0 bridgehead atoms. The van der Waals surface area contributed by atoms with Crippen LogP contribution in [0.4, 0.5) is 0 Å². The lowest BCUT2D eigenvalue weighted by Crippen LogP contribution is -2.40. The zero-order valence-corrected chi connectivity index (χ0v) is 15.3. The van der Waals surface area contributed by atoms with Gasteiger partial charge in [0.05, 0.1) is 5.75 Å². The number of amidine groups is 1. The van der Waals surface area contributed by atoms with Crippen molar-refractivity contribution in [1.29, 1.82) is 0 Å². The van der Waals surface area contributed by atoms with E-state index in [4.69, 9.17) is 16.3 Å². The number of halogens is 1. The molecular formula is C17H15ClN2O5S. The molecule has 0 aliphatic carbocycles. The van der Waals surface area contributed by atoms with Gasteiger partial charge < -0.3 is 9.64 Å². The van der Waals surface area contributed by atoms with E-state index in [1.807, 2.05) is 0 Å². The van der Waals surface area contributed by atoms with Gasteiger partial charge in [-0.05, 0) is 43.3 Å². The Bertz CT molecular complexity index is 948. The van der Waals surface area contributed by atoms with Gasteiger partial charge in [-0.2, -0.15) is 0 Å². The first-order valence-electron chi connectivity index (χ1n) is 7.76. The van der Waals surface area contributed by atoms with Crippen LogP contribution in [0.3, 0.4) is 0 Å². The van der Waals surface area contributed by atoms with Gasteiger partial charge >= 0.3 is 5.97 Å². The summed E-state index contributed by atoms with van der Waals surface area (Å²) < 4.78 is 32.3. The highest BCUT2D eigenvalue weighted by Gasteiger charge is 2.32. The lowest BCUT2D eigenvalue weighted by atomic mass is 10.1. The highest BCUT2D eigenvalue weighted by Crippen LogP contribution is 2.20. The van der Waals surface area contributed by atoms with Crippen molar-refractivity contribution in [3.8, 4) is 0 Å². The molecule has 0 saturated carbocycles. The summed E-state index contributed by atoms with van der Waals surface area (Å²) in [6, 6.07) is 6.21. The maximum Gasteiger partial charge on any atom is 0.342 e. The van der Waals surface area contributed by atoms with E-state index in [0.717, 1.165) is 0 Å². The first-order chi connectivity index (χ1) is 12.3. The van der Waals surface area contributed by atoms with Crippen LogP contribution in [0.5, 0.6) is 0 Å². The van der Waals surface area contributed by atoms with Crippen LogP contribution in [-0.4, -0.2) is 49.3 Å². The van der Waals surface area contributed by atoms with Gasteiger partial charge in [0.25, 0.3) is 10.0 Å². The van der Waals surface area contributed by atoms with Crippen LogP contribution < -0.4 is 0 Å². The van der Waals surface area contributed by atoms with Crippen molar-refractivity contribution in [1.82, 2.24) is 4.90 Å². The Hall–Kier alpha value is -2.45. The van der Waals surface area contributed by atoms with Crippen molar-refractivity contribution in [3.05, 3.63) is 58.8 Å². The Labute approximate surface area is 155 Å². The van der Waals surface area contributed by atoms with E-state index in [9.17, 15) is 18.0 Å². The summed E-state index contributed by atoms with van der Waals surface area (Å²) in [6.45, 7) is 1.65. The minimum Gasteiger partial charge on any atom is -0.451 e. The van der Waals surface area contributed by atoms with Gasteiger partial charge in [0.15, 0.2) is 11.9 Å². The summed E-state index contributed by atoms with van der Waals surface area (Å²) >= 11 is 5.79. The molecule has 9 heteroatoms. The number of nitrogens with zero attached hydrogens (tertiary/aromatic N) is 2. The summed E-state index contributed by atoms with van der Waals surface area (Å²) in [4.78, 5) is 26.4. The van der Waals surface area contributed by atoms with Crippen molar-refractivity contribution >= 4 is 39.2 Å². The quantitative estimate of drug-likeness (QED) is 0.572. The number of carbonyl (C=O) groups excluding carboxylic acids is 2. The summed E-state index contributed by atoms with van der Waals surface area (Å²) in [6.07, 6.45) is 3.59. The second-order valence-electron chi connectivity index (χ2n) is 5.73. The predicted molar refractivity (Wildman–Crippen MR) is 96.5 cm³/mol. The molecule has 1 atom stereocenters. The van der Waals surface area contributed by atoms with Crippen LogP contribution in [-0.2, 0) is 19.6 Å². The number of sulfonamides is 1. The fourth-order valence-corrected chi connectivity index (χ4v) is 3.61. The van der Waals surface area contributed by atoms with Crippen LogP contribution in [0.2, 0.25) is 5.02 Å². The van der Waals surface area contributed by atoms with Crippen molar-refractivity contribution in [3.63, 3.8) is 0 Å². The maximum atomic E-state index is 12.5. The fourth-order valence-electron chi connectivity index (χ4n) is 2.50. The van der Waals surface area contributed by atoms with E-state index in [-0.39, 0.29) is 23.7 Å². The molecule has 136 valence electrons. The summed E-state index contributed by atoms with van der Waals surface area (Å²) in [5.74, 6) is -1.33. The molecule has 2 aliphatic rings. The number of ketones is 1. The molecule has 0 fully saturated rings. The van der Waals surface area contributed by atoms with Crippen LogP contribution >= 0.6 is 11.6 Å². The van der Waals surface area contributed by atoms with Crippen molar-refractivity contribution in [2.45, 2.75) is 13.0 Å². The largest absolute Gasteiger partial charge is 0.451 e. The SMILES string of the molecule is C[C@H](OC(=O)C1=CC=CN2CCS(=O)(=O)N=C12)C(=O)c1ccc(Cl)cc1. The summed E-state index contributed by atoms with van der Waals surface area (Å²) in [5, 5.41) is 0.488. The van der Waals surface area contributed by atoms with Gasteiger partial charge in [0.1, 0.15) is 5.57 Å². The number of ether oxygens (including phenoxy) is 1. The number of carbonyl (C=O) groups is 2. The normalized spacial score (nSPS) is 19.1. The number of Topliss-reactive ketones (excluding diaryl/α,β-unsaturated/α-hetero) is 1. The lowest BCUT2D eigenvalue weighted by Gasteiger charge is -2.28.